The molecule has 0 bridgehead atoms. The minimum Gasteiger partial charge on any atom is -0.480 e. The van der Waals surface area contributed by atoms with Gasteiger partial charge in [0.2, 0.25) is 5.91 Å². The van der Waals surface area contributed by atoms with Gasteiger partial charge in [0.15, 0.2) is 0 Å². The van der Waals surface area contributed by atoms with Crippen molar-refractivity contribution in [1.82, 2.24) is 10.2 Å². The summed E-state index contributed by atoms with van der Waals surface area (Å²) >= 11 is 0. The zero-order valence-corrected chi connectivity index (χ0v) is 9.72. The average molecular weight is 254 g/mol. The lowest BCUT2D eigenvalue weighted by molar-refractivity contribution is -0.145. The number of hydrogen-bond donors (Lipinski definition) is 2. The summed E-state index contributed by atoms with van der Waals surface area (Å²) in [7, 11) is 0. The number of likely N-dealkylation sites (tertiary alicyclic amines) is 1. The number of carboxylic acids is 1. The highest BCUT2D eigenvalue weighted by Crippen LogP contribution is 2.41. The van der Waals surface area contributed by atoms with Crippen molar-refractivity contribution in [1.29, 1.82) is 0 Å². The molecule has 0 radical (unpaired) electrons. The monoisotopic (exact) mass is 254 g/mol. The molecule has 1 spiro atoms. The third-order valence-corrected chi connectivity index (χ3v) is 3.27. The van der Waals surface area contributed by atoms with Crippen molar-refractivity contribution in [2.45, 2.75) is 12.5 Å². The largest absolute Gasteiger partial charge is 0.480 e. The van der Waals surface area contributed by atoms with Crippen molar-refractivity contribution >= 4 is 18.0 Å². The third-order valence-electron chi connectivity index (χ3n) is 3.27. The lowest BCUT2D eigenvalue weighted by atomic mass is 9.73. The van der Waals surface area contributed by atoms with E-state index in [2.05, 4.69) is 11.9 Å². The molecule has 7 nitrogen and oxygen atoms in total. The predicted molar refractivity (Wildman–Crippen MR) is 59.7 cm³/mol. The van der Waals surface area contributed by atoms with Crippen LogP contribution < -0.4 is 5.32 Å². The van der Waals surface area contributed by atoms with Gasteiger partial charge in [0.05, 0.1) is 0 Å². The van der Waals surface area contributed by atoms with E-state index in [-0.39, 0.29) is 32.0 Å². The second kappa shape index (κ2) is 4.32. The molecule has 2 aliphatic rings. The van der Waals surface area contributed by atoms with Gasteiger partial charge in [0.25, 0.3) is 0 Å². The molecule has 2 heterocycles. The number of carbonyl (C=O) groups is 3. The summed E-state index contributed by atoms with van der Waals surface area (Å²) in [6, 6.07) is -0.923. The van der Waals surface area contributed by atoms with Gasteiger partial charge >= 0.3 is 12.1 Å². The molecule has 18 heavy (non-hydrogen) atoms. The Labute approximate surface area is 103 Å². The summed E-state index contributed by atoms with van der Waals surface area (Å²) < 4.78 is 4.84. The van der Waals surface area contributed by atoms with E-state index >= 15 is 0 Å². The molecule has 98 valence electrons. The number of aliphatic carboxylic acids is 1. The van der Waals surface area contributed by atoms with Crippen molar-refractivity contribution in [2.75, 3.05) is 19.7 Å². The van der Waals surface area contributed by atoms with Gasteiger partial charge in [-0.25, -0.2) is 9.59 Å². The number of carbonyl (C=O) groups excluding carboxylic acids is 2. The van der Waals surface area contributed by atoms with E-state index in [1.54, 1.807) is 0 Å². The first kappa shape index (κ1) is 12.4. The fraction of sp³-hybridized carbons (Fsp3) is 0.545. The Balaban J connectivity index is 1.97. The molecule has 2 rings (SSSR count). The summed E-state index contributed by atoms with van der Waals surface area (Å²) in [4.78, 5) is 35.2. The number of carboxylic acid groups (broad SMARTS) is 1. The maximum absolute atomic E-state index is 11.5. The highest BCUT2D eigenvalue weighted by molar-refractivity contribution is 5.90. The number of nitrogens with one attached hydrogen (secondary N) is 1. The Kier molecular flexibility index (Phi) is 2.98. The van der Waals surface area contributed by atoms with Crippen molar-refractivity contribution < 1.29 is 24.2 Å². The zero-order valence-electron chi connectivity index (χ0n) is 9.72. The Hall–Kier alpha value is -2.05. The molecule has 0 aromatic carbocycles. The van der Waals surface area contributed by atoms with E-state index in [9.17, 15) is 14.4 Å². The summed E-state index contributed by atoms with van der Waals surface area (Å²) in [5, 5.41) is 11.5. The summed E-state index contributed by atoms with van der Waals surface area (Å²) in [5.41, 5.74) is -0.684. The number of amides is 2. The second-order valence-corrected chi connectivity index (χ2v) is 4.60. The lowest BCUT2D eigenvalue weighted by Crippen LogP contribution is -2.64. The van der Waals surface area contributed by atoms with Crippen LogP contribution in [-0.2, 0) is 14.3 Å². The number of hydrogen-bond acceptors (Lipinski definition) is 4. The van der Waals surface area contributed by atoms with Gasteiger partial charge in [-0.05, 0) is 0 Å². The molecule has 2 fully saturated rings. The first-order valence-electron chi connectivity index (χ1n) is 5.53. The molecule has 2 N–H and O–H groups in total. The second-order valence-electron chi connectivity index (χ2n) is 4.60. The Bertz CT molecular complexity index is 414. The van der Waals surface area contributed by atoms with Crippen molar-refractivity contribution in [3.8, 4) is 0 Å². The number of ether oxygens (including phenoxy) is 1. The van der Waals surface area contributed by atoms with Crippen LogP contribution >= 0.6 is 0 Å². The summed E-state index contributed by atoms with van der Waals surface area (Å²) in [5.74, 6) is -1.36. The van der Waals surface area contributed by atoms with Crippen LogP contribution in [0.4, 0.5) is 4.79 Å². The standard InChI is InChI=1S/C11H14N2O5/c1-2-3-18-10(17)13-5-11(6-13)4-7(14)12-8(11)9(15)16/h2,8H,1,3-6H2,(H,12,14)(H,15,16). The van der Waals surface area contributed by atoms with Crippen LogP contribution in [-0.4, -0.2) is 53.7 Å². The SMILES string of the molecule is C=CCOC(=O)N1CC2(CC(=O)NC2C(=O)O)C1. The highest BCUT2D eigenvalue weighted by atomic mass is 16.6. The van der Waals surface area contributed by atoms with Gasteiger partial charge in [-0.15, -0.1) is 0 Å². The van der Waals surface area contributed by atoms with Crippen molar-refractivity contribution in [3.63, 3.8) is 0 Å². The highest BCUT2D eigenvalue weighted by Gasteiger charge is 2.59. The van der Waals surface area contributed by atoms with E-state index in [1.165, 1.54) is 11.0 Å². The van der Waals surface area contributed by atoms with Crippen LogP contribution in [0.1, 0.15) is 6.42 Å². The molecule has 1 unspecified atom stereocenters. The molecule has 0 aliphatic carbocycles. The van der Waals surface area contributed by atoms with Crippen LogP contribution in [0.2, 0.25) is 0 Å². The van der Waals surface area contributed by atoms with Gasteiger partial charge in [-0.1, -0.05) is 12.7 Å². The van der Waals surface area contributed by atoms with E-state index in [0.29, 0.717) is 0 Å². The molecule has 2 amide bonds. The Morgan fingerprint density at radius 3 is 2.83 bits per heavy atom. The molecular weight excluding hydrogens is 240 g/mol. The van der Waals surface area contributed by atoms with E-state index < -0.39 is 23.5 Å². The molecule has 0 aromatic rings. The molecule has 0 aromatic heterocycles. The van der Waals surface area contributed by atoms with E-state index in [4.69, 9.17) is 9.84 Å². The summed E-state index contributed by atoms with van der Waals surface area (Å²) in [6.45, 7) is 3.98. The Morgan fingerprint density at radius 1 is 1.61 bits per heavy atom. The first-order valence-corrected chi connectivity index (χ1v) is 5.53. The van der Waals surface area contributed by atoms with Gasteiger partial charge in [0.1, 0.15) is 12.6 Å². The van der Waals surface area contributed by atoms with Crippen LogP contribution in [0.3, 0.4) is 0 Å². The normalized spacial score (nSPS) is 24.3. The molecule has 2 aliphatic heterocycles. The lowest BCUT2D eigenvalue weighted by Gasteiger charge is -2.48. The maximum Gasteiger partial charge on any atom is 0.410 e. The topological polar surface area (TPSA) is 95.9 Å². The first-order chi connectivity index (χ1) is 8.48. The van der Waals surface area contributed by atoms with E-state index in [0.717, 1.165) is 0 Å². The molecule has 7 heteroatoms. The summed E-state index contributed by atoms with van der Waals surface area (Å²) in [6.07, 6.45) is 1.08. The van der Waals surface area contributed by atoms with Crippen LogP contribution in [0.15, 0.2) is 12.7 Å². The molecule has 0 saturated carbocycles. The predicted octanol–water partition coefficient (Wildman–Crippen LogP) is -0.416. The zero-order chi connectivity index (χ0) is 13.3. The van der Waals surface area contributed by atoms with E-state index in [1.807, 2.05) is 0 Å². The van der Waals surface area contributed by atoms with Crippen LogP contribution in [0.25, 0.3) is 0 Å². The van der Waals surface area contributed by atoms with Gasteiger partial charge in [-0.3, -0.25) is 4.79 Å². The molecule has 1 atom stereocenters. The quantitative estimate of drug-likeness (QED) is 0.667. The number of nitrogens with zero attached hydrogens (tertiary/aromatic N) is 1. The minimum absolute atomic E-state index is 0.113. The molecular formula is C11H14N2O5. The van der Waals surface area contributed by atoms with Crippen LogP contribution in [0.5, 0.6) is 0 Å². The Morgan fingerprint density at radius 2 is 2.28 bits per heavy atom. The van der Waals surface area contributed by atoms with Gasteiger partial charge in [0, 0.05) is 24.9 Å². The fourth-order valence-corrected chi connectivity index (χ4v) is 2.47. The average Bonchev–Trinajstić information content (AvgIpc) is 2.62. The van der Waals surface area contributed by atoms with Crippen molar-refractivity contribution in [2.24, 2.45) is 5.41 Å². The van der Waals surface area contributed by atoms with Gasteiger partial charge in [-0.2, -0.15) is 0 Å². The fourth-order valence-electron chi connectivity index (χ4n) is 2.47. The van der Waals surface area contributed by atoms with Gasteiger partial charge < -0.3 is 20.1 Å². The number of rotatable bonds is 3. The van der Waals surface area contributed by atoms with Crippen LogP contribution in [0, 0.1) is 5.41 Å². The third kappa shape index (κ3) is 1.92. The minimum atomic E-state index is -1.07. The maximum atomic E-state index is 11.5. The molecule has 2 saturated heterocycles. The smallest absolute Gasteiger partial charge is 0.410 e. The van der Waals surface area contributed by atoms with Crippen molar-refractivity contribution in [3.05, 3.63) is 12.7 Å².